The number of primary amides is 1. The zero-order valence-electron chi connectivity index (χ0n) is 15.7. The number of rotatable bonds is 5. The first kappa shape index (κ1) is 17.7. The normalized spacial score (nSPS) is 10.9. The molecule has 0 saturated heterocycles. The lowest BCUT2D eigenvalue weighted by atomic mass is 10.2. The molecule has 7 heteroatoms. The van der Waals surface area contributed by atoms with E-state index in [1.807, 2.05) is 60.8 Å². The number of hydrogen-bond donors (Lipinski definition) is 2. The highest BCUT2D eigenvalue weighted by molar-refractivity contribution is 6.00. The third-order valence-corrected chi connectivity index (χ3v) is 4.64. The van der Waals surface area contributed by atoms with Crippen molar-refractivity contribution in [2.75, 3.05) is 5.32 Å². The second kappa shape index (κ2) is 7.11. The van der Waals surface area contributed by atoms with Crippen LogP contribution in [0.2, 0.25) is 0 Å². The number of benzene rings is 1. The lowest BCUT2D eigenvalue weighted by Gasteiger charge is -2.10. The number of nitrogens with two attached hydrogens (primary N) is 1. The van der Waals surface area contributed by atoms with Crippen LogP contribution in [0.3, 0.4) is 0 Å². The number of aromatic nitrogens is 4. The molecule has 0 spiro atoms. The Labute approximate surface area is 162 Å². The van der Waals surface area contributed by atoms with Gasteiger partial charge in [0.2, 0.25) is 5.82 Å². The van der Waals surface area contributed by atoms with Crippen LogP contribution in [0.1, 0.15) is 27.2 Å². The third-order valence-electron chi connectivity index (χ3n) is 4.64. The maximum absolute atomic E-state index is 11.7. The zero-order chi connectivity index (χ0) is 19.7. The average Bonchev–Trinajstić information content (AvgIpc) is 3.04. The molecule has 0 aliphatic heterocycles. The molecular formula is C21H20N6O. The van der Waals surface area contributed by atoms with Gasteiger partial charge in [-0.05, 0) is 43.2 Å². The second-order valence-corrected chi connectivity index (χ2v) is 6.63. The summed E-state index contributed by atoms with van der Waals surface area (Å²) in [5, 5.41) is 11.9. The molecule has 3 heterocycles. The SMILES string of the molecule is Cc1cc2c(C(N)=O)cccn2c1-c1nnc(C)c(NCc2ccccc2)n1. The van der Waals surface area contributed by atoms with Crippen LogP contribution in [0, 0.1) is 13.8 Å². The summed E-state index contributed by atoms with van der Waals surface area (Å²) >= 11 is 0. The Hall–Kier alpha value is -3.74. The quantitative estimate of drug-likeness (QED) is 0.561. The van der Waals surface area contributed by atoms with E-state index in [9.17, 15) is 4.79 Å². The smallest absolute Gasteiger partial charge is 0.250 e. The van der Waals surface area contributed by atoms with Crippen LogP contribution in [0.25, 0.3) is 17.0 Å². The summed E-state index contributed by atoms with van der Waals surface area (Å²) in [5.41, 5.74) is 10.3. The Morgan fingerprint density at radius 2 is 1.89 bits per heavy atom. The van der Waals surface area contributed by atoms with E-state index in [0.717, 1.165) is 28.0 Å². The molecule has 0 atom stereocenters. The van der Waals surface area contributed by atoms with Gasteiger partial charge in [-0.25, -0.2) is 4.98 Å². The molecule has 3 aromatic heterocycles. The molecule has 28 heavy (non-hydrogen) atoms. The predicted octanol–water partition coefficient (Wildman–Crippen LogP) is 3.12. The van der Waals surface area contributed by atoms with Crippen LogP contribution in [0.15, 0.2) is 54.7 Å². The minimum absolute atomic E-state index is 0.458. The van der Waals surface area contributed by atoms with E-state index in [2.05, 4.69) is 15.5 Å². The molecule has 0 aliphatic rings. The van der Waals surface area contributed by atoms with E-state index in [-0.39, 0.29) is 0 Å². The lowest BCUT2D eigenvalue weighted by molar-refractivity contribution is 0.100. The van der Waals surface area contributed by atoms with Crippen LogP contribution < -0.4 is 11.1 Å². The van der Waals surface area contributed by atoms with Crippen LogP contribution in [-0.4, -0.2) is 25.5 Å². The van der Waals surface area contributed by atoms with Crippen molar-refractivity contribution in [2.24, 2.45) is 5.73 Å². The number of carbonyl (C=O) groups excluding carboxylic acids is 1. The molecule has 1 amide bonds. The summed E-state index contributed by atoms with van der Waals surface area (Å²) in [5.74, 6) is 0.692. The first-order chi connectivity index (χ1) is 13.5. The topological polar surface area (TPSA) is 98.2 Å². The Morgan fingerprint density at radius 1 is 1.11 bits per heavy atom. The van der Waals surface area contributed by atoms with Gasteiger partial charge in [0, 0.05) is 12.7 Å². The highest BCUT2D eigenvalue weighted by Gasteiger charge is 2.17. The van der Waals surface area contributed by atoms with Crippen LogP contribution in [0.5, 0.6) is 0 Å². The number of anilines is 1. The first-order valence-electron chi connectivity index (χ1n) is 8.94. The van der Waals surface area contributed by atoms with Crippen molar-refractivity contribution < 1.29 is 4.79 Å². The fourth-order valence-corrected chi connectivity index (χ4v) is 3.25. The fraction of sp³-hybridized carbons (Fsp3) is 0.143. The van der Waals surface area contributed by atoms with Crippen LogP contribution in [0.4, 0.5) is 5.82 Å². The second-order valence-electron chi connectivity index (χ2n) is 6.63. The van der Waals surface area contributed by atoms with Crippen molar-refractivity contribution in [1.29, 1.82) is 0 Å². The molecule has 0 fully saturated rings. The number of aryl methyl sites for hydroxylation is 2. The van der Waals surface area contributed by atoms with Gasteiger partial charge in [0.1, 0.15) is 5.69 Å². The largest absolute Gasteiger partial charge is 0.366 e. The van der Waals surface area contributed by atoms with E-state index in [0.29, 0.717) is 23.8 Å². The number of fused-ring (bicyclic) bond motifs is 1. The van der Waals surface area contributed by atoms with Crippen molar-refractivity contribution in [3.05, 3.63) is 77.1 Å². The van der Waals surface area contributed by atoms with Crippen LogP contribution in [-0.2, 0) is 6.54 Å². The molecule has 4 rings (SSSR count). The molecule has 4 aromatic rings. The Morgan fingerprint density at radius 3 is 2.64 bits per heavy atom. The number of nitrogens with zero attached hydrogens (tertiary/aromatic N) is 4. The summed E-state index contributed by atoms with van der Waals surface area (Å²) in [6.45, 7) is 4.46. The van der Waals surface area contributed by atoms with Crippen molar-refractivity contribution in [2.45, 2.75) is 20.4 Å². The lowest BCUT2D eigenvalue weighted by Crippen LogP contribution is -2.12. The van der Waals surface area contributed by atoms with Gasteiger partial charge in [-0.15, -0.1) is 10.2 Å². The predicted molar refractivity (Wildman–Crippen MR) is 108 cm³/mol. The molecular weight excluding hydrogens is 352 g/mol. The van der Waals surface area contributed by atoms with E-state index in [1.54, 1.807) is 12.1 Å². The van der Waals surface area contributed by atoms with Crippen molar-refractivity contribution >= 4 is 17.2 Å². The van der Waals surface area contributed by atoms with Gasteiger partial charge in [-0.1, -0.05) is 30.3 Å². The molecule has 0 radical (unpaired) electrons. The van der Waals surface area contributed by atoms with Crippen molar-refractivity contribution in [1.82, 2.24) is 19.6 Å². The Kier molecular flexibility index (Phi) is 4.49. The molecule has 0 saturated carbocycles. The minimum Gasteiger partial charge on any atom is -0.366 e. The molecule has 0 bridgehead atoms. The molecule has 1 aromatic carbocycles. The maximum atomic E-state index is 11.7. The molecule has 0 unspecified atom stereocenters. The molecule has 7 nitrogen and oxygen atoms in total. The zero-order valence-corrected chi connectivity index (χ0v) is 15.7. The van der Waals surface area contributed by atoms with Gasteiger partial charge in [-0.2, -0.15) is 0 Å². The average molecular weight is 372 g/mol. The third kappa shape index (κ3) is 3.18. The molecule has 3 N–H and O–H groups in total. The highest BCUT2D eigenvalue weighted by atomic mass is 16.1. The van der Waals surface area contributed by atoms with Gasteiger partial charge in [0.05, 0.1) is 16.8 Å². The minimum atomic E-state index is -0.470. The Balaban J connectivity index is 1.75. The summed E-state index contributed by atoms with van der Waals surface area (Å²) in [6.07, 6.45) is 1.87. The van der Waals surface area contributed by atoms with Gasteiger partial charge in [-0.3, -0.25) is 4.79 Å². The fourth-order valence-electron chi connectivity index (χ4n) is 3.25. The van der Waals surface area contributed by atoms with Crippen molar-refractivity contribution in [3.8, 4) is 11.5 Å². The summed E-state index contributed by atoms with van der Waals surface area (Å²) in [7, 11) is 0. The summed E-state index contributed by atoms with van der Waals surface area (Å²) in [4.78, 5) is 16.4. The van der Waals surface area contributed by atoms with Gasteiger partial charge in [0.25, 0.3) is 5.91 Å². The van der Waals surface area contributed by atoms with E-state index in [4.69, 9.17) is 10.7 Å². The van der Waals surface area contributed by atoms with Gasteiger partial charge >= 0.3 is 0 Å². The number of pyridine rings is 1. The monoisotopic (exact) mass is 372 g/mol. The Bertz CT molecular complexity index is 1170. The van der Waals surface area contributed by atoms with Gasteiger partial charge in [0.15, 0.2) is 5.82 Å². The summed E-state index contributed by atoms with van der Waals surface area (Å²) < 4.78 is 1.88. The van der Waals surface area contributed by atoms with E-state index in [1.165, 1.54) is 0 Å². The van der Waals surface area contributed by atoms with Crippen molar-refractivity contribution in [3.63, 3.8) is 0 Å². The number of hydrogen-bond acceptors (Lipinski definition) is 5. The summed E-state index contributed by atoms with van der Waals surface area (Å²) in [6, 6.07) is 15.5. The van der Waals surface area contributed by atoms with Gasteiger partial charge < -0.3 is 15.5 Å². The van der Waals surface area contributed by atoms with Crippen LogP contribution >= 0.6 is 0 Å². The number of nitrogens with one attached hydrogen (secondary N) is 1. The standard InChI is InChI=1S/C21H20N6O/c1-13-11-17-16(19(22)28)9-6-10-27(17)18(13)21-24-20(14(2)25-26-21)23-12-15-7-4-3-5-8-15/h3-11H,12H2,1-2H3,(H2,22,28)(H,23,24,26). The molecule has 0 aliphatic carbocycles. The number of amides is 1. The molecule has 140 valence electrons. The maximum Gasteiger partial charge on any atom is 0.250 e. The van der Waals surface area contributed by atoms with E-state index >= 15 is 0 Å². The van der Waals surface area contributed by atoms with E-state index < -0.39 is 5.91 Å². The first-order valence-corrected chi connectivity index (χ1v) is 8.94. The highest BCUT2D eigenvalue weighted by Crippen LogP contribution is 2.27. The number of carbonyl (C=O) groups is 1.